The summed E-state index contributed by atoms with van der Waals surface area (Å²) in [6, 6.07) is 0. The topological polar surface area (TPSA) is 46.5 Å². The molecule has 3 nitrogen and oxygen atoms in total. The number of ether oxygens (including phenoxy) is 1. The summed E-state index contributed by atoms with van der Waals surface area (Å²) in [4.78, 5) is 11.4. The molecular weight excluding hydrogens is 180 g/mol. The van der Waals surface area contributed by atoms with E-state index in [9.17, 15) is 9.90 Å². The van der Waals surface area contributed by atoms with E-state index in [0.29, 0.717) is 0 Å². The number of carboxylic acid groups (broad SMARTS) is 1. The fourth-order valence-corrected chi connectivity index (χ4v) is 3.09. The van der Waals surface area contributed by atoms with E-state index in [2.05, 4.69) is 6.92 Å². The Morgan fingerprint density at radius 2 is 1.64 bits per heavy atom. The zero-order valence-corrected chi connectivity index (χ0v) is 9.09. The first kappa shape index (κ1) is 9.97. The minimum atomic E-state index is -0.691. The van der Waals surface area contributed by atoms with Crippen molar-refractivity contribution in [2.45, 2.75) is 57.7 Å². The van der Waals surface area contributed by atoms with Crippen LogP contribution in [0, 0.1) is 5.41 Å². The molecule has 2 saturated heterocycles. The summed E-state index contributed by atoms with van der Waals surface area (Å²) in [6.07, 6.45) is 3.27. The second-order valence-electron chi connectivity index (χ2n) is 5.45. The lowest BCUT2D eigenvalue weighted by Crippen LogP contribution is -2.63. The highest BCUT2D eigenvalue weighted by molar-refractivity contribution is 5.77. The number of rotatable bonds is 1. The first-order valence-electron chi connectivity index (χ1n) is 5.25. The molecule has 2 aliphatic heterocycles. The lowest BCUT2D eigenvalue weighted by Gasteiger charge is -2.59. The number of aliphatic carboxylic acids is 1. The number of carboxylic acids is 1. The third kappa shape index (κ3) is 1.05. The van der Waals surface area contributed by atoms with Gasteiger partial charge in [-0.05, 0) is 46.5 Å². The summed E-state index contributed by atoms with van der Waals surface area (Å²) in [5, 5.41) is 9.35. The average molecular weight is 198 g/mol. The molecule has 0 aromatic rings. The Bertz CT molecular complexity index is 272. The van der Waals surface area contributed by atoms with Gasteiger partial charge in [0.25, 0.3) is 0 Å². The van der Waals surface area contributed by atoms with E-state index in [1.807, 2.05) is 13.8 Å². The summed E-state index contributed by atoms with van der Waals surface area (Å²) in [5.74, 6) is -0.691. The minimum absolute atomic E-state index is 0.0826. The number of hydrogen-bond acceptors (Lipinski definition) is 2. The highest BCUT2D eigenvalue weighted by atomic mass is 16.5. The van der Waals surface area contributed by atoms with Crippen LogP contribution in [0.15, 0.2) is 0 Å². The summed E-state index contributed by atoms with van der Waals surface area (Å²) < 4.78 is 5.94. The molecule has 0 radical (unpaired) electrons. The highest BCUT2D eigenvalue weighted by Crippen LogP contribution is 2.57. The lowest BCUT2D eigenvalue weighted by molar-refractivity contribution is -0.269. The van der Waals surface area contributed by atoms with Crippen molar-refractivity contribution in [2.75, 3.05) is 0 Å². The Morgan fingerprint density at radius 1 is 1.14 bits per heavy atom. The van der Waals surface area contributed by atoms with Crippen molar-refractivity contribution in [2.24, 2.45) is 5.41 Å². The molecule has 0 amide bonds. The SMILES string of the molecule is CC12CCC(C(=O)O)(CC1)C(C)(C)O2. The van der Waals surface area contributed by atoms with Crippen molar-refractivity contribution in [3.8, 4) is 0 Å². The zero-order chi connectivity index (χ0) is 10.6. The maximum atomic E-state index is 11.4. The molecular formula is C11H18O3. The van der Waals surface area contributed by atoms with Gasteiger partial charge in [-0.3, -0.25) is 4.79 Å². The van der Waals surface area contributed by atoms with Gasteiger partial charge in [-0.15, -0.1) is 0 Å². The molecule has 0 atom stereocenters. The molecule has 14 heavy (non-hydrogen) atoms. The maximum Gasteiger partial charge on any atom is 0.312 e. The maximum absolute atomic E-state index is 11.4. The van der Waals surface area contributed by atoms with E-state index in [1.54, 1.807) is 0 Å². The van der Waals surface area contributed by atoms with Crippen LogP contribution in [0.25, 0.3) is 0 Å². The number of carbonyl (C=O) groups is 1. The fraction of sp³-hybridized carbons (Fsp3) is 0.909. The zero-order valence-electron chi connectivity index (χ0n) is 9.09. The second kappa shape index (κ2) is 2.51. The van der Waals surface area contributed by atoms with Gasteiger partial charge in [-0.25, -0.2) is 0 Å². The van der Waals surface area contributed by atoms with Gasteiger partial charge >= 0.3 is 5.97 Å². The van der Waals surface area contributed by atoms with E-state index in [0.717, 1.165) is 25.7 Å². The van der Waals surface area contributed by atoms with E-state index in [-0.39, 0.29) is 5.60 Å². The van der Waals surface area contributed by atoms with Crippen LogP contribution in [0.5, 0.6) is 0 Å². The first-order valence-corrected chi connectivity index (χ1v) is 5.25. The second-order valence-corrected chi connectivity index (χ2v) is 5.45. The van der Waals surface area contributed by atoms with Gasteiger partial charge in [0.05, 0.1) is 16.6 Å². The van der Waals surface area contributed by atoms with E-state index >= 15 is 0 Å². The predicted octanol–water partition coefficient (Wildman–Crippen LogP) is 2.20. The van der Waals surface area contributed by atoms with Crippen molar-refractivity contribution >= 4 is 5.97 Å². The highest BCUT2D eigenvalue weighted by Gasteiger charge is 2.62. The molecule has 3 fully saturated rings. The van der Waals surface area contributed by atoms with E-state index in [1.165, 1.54) is 0 Å². The van der Waals surface area contributed by atoms with Crippen molar-refractivity contribution in [1.29, 1.82) is 0 Å². The third-order valence-electron chi connectivity index (χ3n) is 4.22. The number of hydrogen-bond donors (Lipinski definition) is 1. The summed E-state index contributed by atoms with van der Waals surface area (Å²) in [7, 11) is 0. The van der Waals surface area contributed by atoms with Crippen LogP contribution in [0.2, 0.25) is 0 Å². The molecule has 2 bridgehead atoms. The molecule has 80 valence electrons. The molecule has 1 N–H and O–H groups in total. The van der Waals surface area contributed by atoms with Gasteiger partial charge in [0.2, 0.25) is 0 Å². The van der Waals surface area contributed by atoms with Crippen LogP contribution < -0.4 is 0 Å². The smallest absolute Gasteiger partial charge is 0.312 e. The molecule has 3 aliphatic rings. The van der Waals surface area contributed by atoms with Gasteiger partial charge in [0.15, 0.2) is 0 Å². The van der Waals surface area contributed by atoms with Crippen LogP contribution in [0.3, 0.4) is 0 Å². The molecule has 0 unspecified atom stereocenters. The number of fused-ring (bicyclic) bond motifs is 3. The minimum Gasteiger partial charge on any atom is -0.481 e. The average Bonchev–Trinajstić information content (AvgIpc) is 2.01. The summed E-state index contributed by atoms with van der Waals surface area (Å²) >= 11 is 0. The molecule has 2 heterocycles. The Labute approximate surface area is 84.4 Å². The van der Waals surface area contributed by atoms with Crippen LogP contribution in [0.1, 0.15) is 46.5 Å². The van der Waals surface area contributed by atoms with Gasteiger partial charge in [0, 0.05) is 0 Å². The predicted molar refractivity (Wildman–Crippen MR) is 52.1 cm³/mol. The van der Waals surface area contributed by atoms with Crippen molar-refractivity contribution in [3.05, 3.63) is 0 Å². The van der Waals surface area contributed by atoms with Crippen molar-refractivity contribution in [1.82, 2.24) is 0 Å². The molecule has 0 spiro atoms. The lowest BCUT2D eigenvalue weighted by atomic mass is 9.58. The Kier molecular flexibility index (Phi) is 1.79. The molecule has 0 aromatic heterocycles. The van der Waals surface area contributed by atoms with Gasteiger partial charge in [-0.2, -0.15) is 0 Å². The standard InChI is InChI=1S/C11H18O3/c1-9(2)11(8(12)13)6-4-10(3,14-9)5-7-11/h4-7H2,1-3H3,(H,12,13). The van der Waals surface area contributed by atoms with E-state index in [4.69, 9.17) is 4.74 Å². The Hall–Kier alpha value is -0.570. The van der Waals surface area contributed by atoms with Crippen molar-refractivity contribution < 1.29 is 14.6 Å². The van der Waals surface area contributed by atoms with Crippen LogP contribution in [0.4, 0.5) is 0 Å². The quantitative estimate of drug-likeness (QED) is 0.702. The Morgan fingerprint density at radius 3 is 2.00 bits per heavy atom. The first-order chi connectivity index (χ1) is 6.31. The third-order valence-corrected chi connectivity index (χ3v) is 4.22. The van der Waals surface area contributed by atoms with Gasteiger partial charge < -0.3 is 9.84 Å². The molecule has 1 saturated carbocycles. The molecule has 3 rings (SSSR count). The largest absolute Gasteiger partial charge is 0.481 e. The summed E-state index contributed by atoms with van der Waals surface area (Å²) in [6.45, 7) is 5.93. The van der Waals surface area contributed by atoms with E-state index < -0.39 is 17.0 Å². The van der Waals surface area contributed by atoms with Crippen molar-refractivity contribution in [3.63, 3.8) is 0 Å². The van der Waals surface area contributed by atoms with Crippen LogP contribution in [-0.2, 0) is 9.53 Å². The molecule has 1 aliphatic carbocycles. The van der Waals surface area contributed by atoms with Crippen LogP contribution >= 0.6 is 0 Å². The van der Waals surface area contributed by atoms with Crippen LogP contribution in [-0.4, -0.2) is 22.3 Å². The fourth-order valence-electron chi connectivity index (χ4n) is 3.09. The normalized spacial score (nSPS) is 45.1. The summed E-state index contributed by atoms with van der Waals surface area (Å²) in [5.41, 5.74) is -1.25. The molecule has 0 aromatic carbocycles. The monoisotopic (exact) mass is 198 g/mol. The molecule has 3 heteroatoms. The van der Waals surface area contributed by atoms with Gasteiger partial charge in [0.1, 0.15) is 0 Å². The van der Waals surface area contributed by atoms with Gasteiger partial charge in [-0.1, -0.05) is 0 Å². The Balaban J connectivity index is 2.40.